The van der Waals surface area contributed by atoms with E-state index in [0.29, 0.717) is 26.4 Å². The maximum Gasteiger partial charge on any atom is 0.302 e. The number of hydrogen-bond donors (Lipinski definition) is 0. The summed E-state index contributed by atoms with van der Waals surface area (Å²) in [5.41, 5.74) is 4.17. The van der Waals surface area contributed by atoms with E-state index < -0.39 is 18.3 Å². The summed E-state index contributed by atoms with van der Waals surface area (Å²) >= 11 is 3.81. The van der Waals surface area contributed by atoms with E-state index in [9.17, 15) is 4.79 Å². The summed E-state index contributed by atoms with van der Waals surface area (Å²) in [7, 11) is 0. The van der Waals surface area contributed by atoms with Gasteiger partial charge in [0, 0.05) is 6.92 Å². The number of esters is 1. The smallest absolute Gasteiger partial charge is 0.302 e. The number of carbonyl (C=O) groups excluding carboxylic acids is 1. The highest BCUT2D eigenvalue weighted by Gasteiger charge is 2.43. The van der Waals surface area contributed by atoms with Crippen molar-refractivity contribution in [3.63, 3.8) is 0 Å². The summed E-state index contributed by atoms with van der Waals surface area (Å²) in [4.78, 5) is 12.2. The molecule has 0 aromatic heterocycles. The first-order valence-corrected chi connectivity index (χ1v) is 18.2. The van der Waals surface area contributed by atoms with Gasteiger partial charge in [-0.05, 0) is 40.2 Å². The van der Waals surface area contributed by atoms with Crippen molar-refractivity contribution in [2.75, 3.05) is 18.1 Å². The third kappa shape index (κ3) is 11.8. The largest absolute Gasteiger partial charge is 0.463 e. The molecule has 4 aromatic carbocycles. The van der Waals surface area contributed by atoms with Crippen LogP contribution in [0, 0.1) is 0 Å². The topological polar surface area (TPSA) is 63.2 Å². The number of hydrogen-bond acceptors (Lipinski definition) is 8. The zero-order chi connectivity index (χ0) is 32.5. The Hall–Kier alpha value is -3.11. The molecule has 0 unspecified atom stereocenters. The Bertz CT molecular complexity index is 1420. The minimum Gasteiger partial charge on any atom is -0.463 e. The number of thioether (sulfide) groups is 2. The number of benzene rings is 4. The lowest BCUT2D eigenvalue weighted by atomic mass is 10.0. The SMILES string of the molecule is CC(=O)OC[C@@H](OCc1ccccc1)[C@@H](OCc1ccccc1)[C@@H](OCc1ccccc1)[C@H](OCc1ccccc1)C1SCCCS1. The van der Waals surface area contributed by atoms with Gasteiger partial charge in [0.2, 0.25) is 0 Å². The summed E-state index contributed by atoms with van der Waals surface area (Å²) in [5.74, 6) is 1.72. The minimum absolute atomic E-state index is 0.0170. The van der Waals surface area contributed by atoms with Crippen LogP contribution in [0.3, 0.4) is 0 Å². The molecule has 248 valence electrons. The maximum absolute atomic E-state index is 12.2. The molecule has 8 heteroatoms. The first-order valence-electron chi connectivity index (χ1n) is 16.1. The second-order valence-electron chi connectivity index (χ2n) is 11.4. The molecule has 0 amide bonds. The Morgan fingerprint density at radius 1 is 0.596 bits per heavy atom. The highest BCUT2D eigenvalue weighted by atomic mass is 32.2. The van der Waals surface area contributed by atoms with Crippen LogP contribution in [0.4, 0.5) is 0 Å². The van der Waals surface area contributed by atoms with Crippen molar-refractivity contribution < 1.29 is 28.5 Å². The molecule has 0 spiro atoms. The molecule has 1 aliphatic heterocycles. The van der Waals surface area contributed by atoms with E-state index in [1.165, 1.54) is 6.92 Å². The van der Waals surface area contributed by atoms with Gasteiger partial charge in [0.05, 0.1) is 31.0 Å². The fraction of sp³-hybridized carbons (Fsp3) is 0.359. The quantitative estimate of drug-likeness (QED) is 0.0984. The number of carbonyl (C=O) groups is 1. The number of ether oxygens (including phenoxy) is 5. The first kappa shape index (κ1) is 35.2. The van der Waals surface area contributed by atoms with Crippen molar-refractivity contribution in [2.24, 2.45) is 0 Å². The number of rotatable bonds is 18. The molecule has 4 aromatic rings. The predicted molar refractivity (Wildman–Crippen MR) is 190 cm³/mol. The molecule has 0 bridgehead atoms. The van der Waals surface area contributed by atoms with Crippen LogP contribution in [0.2, 0.25) is 0 Å². The molecular weight excluding hydrogens is 629 g/mol. The normalized spacial score (nSPS) is 16.2. The van der Waals surface area contributed by atoms with Crippen molar-refractivity contribution >= 4 is 29.5 Å². The van der Waals surface area contributed by atoms with Gasteiger partial charge in [-0.2, -0.15) is 0 Å². The summed E-state index contributed by atoms with van der Waals surface area (Å²) in [6.07, 6.45) is -1.02. The van der Waals surface area contributed by atoms with Crippen LogP contribution in [0.1, 0.15) is 35.6 Å². The molecule has 0 radical (unpaired) electrons. The van der Waals surface area contributed by atoms with Crippen LogP contribution in [0.25, 0.3) is 0 Å². The van der Waals surface area contributed by atoms with Gasteiger partial charge < -0.3 is 23.7 Å². The van der Waals surface area contributed by atoms with Gasteiger partial charge in [-0.3, -0.25) is 4.79 Å². The Kier molecular flexibility index (Phi) is 14.7. The molecule has 5 rings (SSSR count). The Morgan fingerprint density at radius 3 is 1.45 bits per heavy atom. The molecule has 0 N–H and O–H groups in total. The van der Waals surface area contributed by atoms with E-state index in [0.717, 1.165) is 40.2 Å². The summed E-state index contributed by atoms with van der Waals surface area (Å²) in [6, 6.07) is 40.4. The molecule has 47 heavy (non-hydrogen) atoms. The lowest BCUT2D eigenvalue weighted by Gasteiger charge is -2.40. The van der Waals surface area contributed by atoms with E-state index in [2.05, 4.69) is 24.3 Å². The minimum atomic E-state index is -0.634. The Balaban J connectivity index is 1.52. The zero-order valence-corrected chi connectivity index (χ0v) is 28.5. The summed E-state index contributed by atoms with van der Waals surface area (Å²) in [6.45, 7) is 2.88. The van der Waals surface area contributed by atoms with Crippen LogP contribution in [0.15, 0.2) is 121 Å². The molecule has 4 atom stereocenters. The summed E-state index contributed by atoms with van der Waals surface area (Å²) < 4.78 is 33.0. The third-order valence-corrected chi connectivity index (χ3v) is 10.8. The molecule has 1 saturated heterocycles. The van der Waals surface area contributed by atoms with Gasteiger partial charge in [0.15, 0.2) is 0 Å². The molecular formula is C39H44O6S2. The molecule has 1 fully saturated rings. The molecule has 1 aliphatic rings. The Morgan fingerprint density at radius 2 is 1.00 bits per heavy atom. The fourth-order valence-electron chi connectivity index (χ4n) is 5.33. The highest BCUT2D eigenvalue weighted by Crippen LogP contribution is 2.38. The van der Waals surface area contributed by atoms with Gasteiger partial charge in [-0.25, -0.2) is 0 Å². The highest BCUT2D eigenvalue weighted by molar-refractivity contribution is 8.17. The van der Waals surface area contributed by atoms with Crippen LogP contribution in [0.5, 0.6) is 0 Å². The summed E-state index contributed by atoms with van der Waals surface area (Å²) in [5, 5.41) is 0. The van der Waals surface area contributed by atoms with E-state index in [1.54, 1.807) is 0 Å². The Labute approximate surface area is 287 Å². The third-order valence-electron chi connectivity index (χ3n) is 7.75. The van der Waals surface area contributed by atoms with Crippen molar-refractivity contribution in [1.82, 2.24) is 0 Å². The fourth-order valence-corrected chi connectivity index (χ4v) is 8.41. The van der Waals surface area contributed by atoms with Gasteiger partial charge in [0.1, 0.15) is 31.0 Å². The molecule has 1 heterocycles. The van der Waals surface area contributed by atoms with Crippen LogP contribution in [-0.2, 0) is 54.9 Å². The first-order chi connectivity index (χ1) is 23.2. The van der Waals surface area contributed by atoms with Crippen LogP contribution in [-0.4, -0.2) is 53.1 Å². The average Bonchev–Trinajstić information content (AvgIpc) is 3.13. The van der Waals surface area contributed by atoms with Crippen molar-refractivity contribution in [3.8, 4) is 0 Å². The van der Waals surface area contributed by atoms with E-state index in [1.807, 2.05) is 121 Å². The van der Waals surface area contributed by atoms with E-state index in [-0.39, 0.29) is 23.3 Å². The molecule has 0 saturated carbocycles. The molecule has 0 aliphatic carbocycles. The maximum atomic E-state index is 12.2. The van der Waals surface area contributed by atoms with Gasteiger partial charge in [-0.1, -0.05) is 121 Å². The predicted octanol–water partition coefficient (Wildman–Crippen LogP) is 8.09. The lowest BCUT2D eigenvalue weighted by Crippen LogP contribution is -2.53. The molecule has 6 nitrogen and oxygen atoms in total. The van der Waals surface area contributed by atoms with Crippen LogP contribution < -0.4 is 0 Å². The zero-order valence-electron chi connectivity index (χ0n) is 26.9. The van der Waals surface area contributed by atoms with Crippen molar-refractivity contribution in [1.29, 1.82) is 0 Å². The van der Waals surface area contributed by atoms with Gasteiger partial charge in [0.25, 0.3) is 0 Å². The van der Waals surface area contributed by atoms with E-state index >= 15 is 0 Å². The second-order valence-corrected chi connectivity index (χ2v) is 14.2. The van der Waals surface area contributed by atoms with Crippen molar-refractivity contribution in [3.05, 3.63) is 144 Å². The van der Waals surface area contributed by atoms with Crippen LogP contribution >= 0.6 is 23.5 Å². The van der Waals surface area contributed by atoms with Gasteiger partial charge in [-0.15, -0.1) is 23.5 Å². The lowest BCUT2D eigenvalue weighted by molar-refractivity contribution is -0.198. The van der Waals surface area contributed by atoms with Gasteiger partial charge >= 0.3 is 5.97 Å². The van der Waals surface area contributed by atoms with Crippen molar-refractivity contribution in [2.45, 2.75) is 68.8 Å². The monoisotopic (exact) mass is 672 g/mol. The second kappa shape index (κ2) is 19.6. The standard InChI is InChI=1S/C39H44O6S2/c1-30(40)41-29-35(42-25-31-15-6-2-7-16-31)36(43-26-32-17-8-3-9-18-32)37(44-27-33-19-10-4-11-20-33)38(39-46-23-14-24-47-39)45-28-34-21-12-5-13-22-34/h2-13,15-22,35-39H,14,23-29H2,1H3/t35-,36-,37-,38+/m1/s1. The average molecular weight is 673 g/mol. The van der Waals surface area contributed by atoms with E-state index in [4.69, 9.17) is 23.7 Å².